The Labute approximate surface area is 186 Å². The van der Waals surface area contributed by atoms with Crippen LogP contribution in [-0.4, -0.2) is 41.8 Å². The summed E-state index contributed by atoms with van der Waals surface area (Å²) in [5.41, 5.74) is -0.184. The molecule has 0 bridgehead atoms. The van der Waals surface area contributed by atoms with Crippen LogP contribution in [0.5, 0.6) is 0 Å². The number of ether oxygens (including phenoxy) is 2. The van der Waals surface area contributed by atoms with Gasteiger partial charge in [0.2, 0.25) is 0 Å². The van der Waals surface area contributed by atoms with E-state index < -0.39 is 6.10 Å². The third-order valence-corrected chi connectivity index (χ3v) is 10.4. The van der Waals surface area contributed by atoms with E-state index in [1.165, 1.54) is 0 Å². The van der Waals surface area contributed by atoms with Gasteiger partial charge in [-0.25, -0.2) is 0 Å². The zero-order valence-electron chi connectivity index (χ0n) is 19.5. The van der Waals surface area contributed by atoms with Crippen LogP contribution in [0.4, 0.5) is 0 Å². The summed E-state index contributed by atoms with van der Waals surface area (Å²) in [6, 6.07) is 0. The quantitative estimate of drug-likeness (QED) is 0.673. The summed E-state index contributed by atoms with van der Waals surface area (Å²) >= 11 is 0. The number of rotatable bonds is 3. The Kier molecular flexibility index (Phi) is 5.63. The first-order chi connectivity index (χ1) is 14.7. The van der Waals surface area contributed by atoms with Gasteiger partial charge < -0.3 is 14.6 Å². The van der Waals surface area contributed by atoms with Gasteiger partial charge in [-0.15, -0.1) is 0 Å². The summed E-state index contributed by atoms with van der Waals surface area (Å²) in [4.78, 5) is 24.9. The second-order valence-electron chi connectivity index (χ2n) is 11.9. The zero-order valence-corrected chi connectivity index (χ0v) is 19.5. The van der Waals surface area contributed by atoms with Gasteiger partial charge in [-0.05, 0) is 92.8 Å². The summed E-state index contributed by atoms with van der Waals surface area (Å²) in [7, 11) is 0. The van der Waals surface area contributed by atoms with Crippen LogP contribution in [0.25, 0.3) is 0 Å². The van der Waals surface area contributed by atoms with E-state index in [0.717, 1.165) is 51.6 Å². The van der Waals surface area contributed by atoms with Crippen molar-refractivity contribution < 1.29 is 24.2 Å². The fourth-order valence-corrected chi connectivity index (χ4v) is 8.92. The molecule has 0 aromatic rings. The van der Waals surface area contributed by atoms with Gasteiger partial charge in [0.1, 0.15) is 11.6 Å². The topological polar surface area (TPSA) is 72.8 Å². The predicted molar refractivity (Wildman–Crippen MR) is 116 cm³/mol. The standard InChI is InChI=1S/C26H40O5/c1-15(27)18-7-8-19-23-21(31-22-6-4-5-11-30-22)13-16-12-17(28)9-10-25(16,2)24(23)20(29)14-26(18,19)3/h16,18-24,29H,4-14H2,1-3H3/t16-,18+,19-,20+,21+,22?,23+,24-,25-,26+/m0/s1. The number of aliphatic hydroxyl groups is 1. The smallest absolute Gasteiger partial charge is 0.157 e. The molecule has 5 rings (SSSR count). The highest BCUT2D eigenvalue weighted by Crippen LogP contribution is 2.67. The molecule has 5 heteroatoms. The van der Waals surface area contributed by atoms with E-state index in [2.05, 4.69) is 13.8 Å². The first-order valence-corrected chi connectivity index (χ1v) is 12.7. The SMILES string of the molecule is CC(=O)[C@H]1CC[C@H]2[C@H]3[C@H]([C@H](O)C[C@]12C)[C@@]1(C)CCC(=O)C[C@H]1C[C@H]3OC1CCCCO1. The maximum Gasteiger partial charge on any atom is 0.157 e. The Hall–Kier alpha value is -0.780. The summed E-state index contributed by atoms with van der Waals surface area (Å²) < 4.78 is 12.7. The lowest BCUT2D eigenvalue weighted by molar-refractivity contribution is -0.261. The highest BCUT2D eigenvalue weighted by Gasteiger charge is 2.66. The van der Waals surface area contributed by atoms with Crippen LogP contribution >= 0.6 is 0 Å². The zero-order chi connectivity index (χ0) is 22.0. The van der Waals surface area contributed by atoms with Crippen molar-refractivity contribution in [3.05, 3.63) is 0 Å². The first kappa shape index (κ1) is 22.0. The van der Waals surface area contributed by atoms with E-state index in [4.69, 9.17) is 9.47 Å². The fraction of sp³-hybridized carbons (Fsp3) is 0.923. The molecule has 0 amide bonds. The molecule has 0 aromatic heterocycles. The predicted octanol–water partition coefficient (Wildman–Crippen LogP) is 4.30. The molecule has 0 aromatic carbocycles. The van der Waals surface area contributed by atoms with Crippen LogP contribution in [0.1, 0.15) is 85.0 Å². The van der Waals surface area contributed by atoms with Crippen LogP contribution in [0.3, 0.4) is 0 Å². The average Bonchev–Trinajstić information content (AvgIpc) is 3.06. The minimum atomic E-state index is -0.439. The molecule has 1 unspecified atom stereocenters. The van der Waals surface area contributed by atoms with E-state index in [0.29, 0.717) is 31.0 Å². The lowest BCUT2D eigenvalue weighted by Crippen LogP contribution is -2.63. The van der Waals surface area contributed by atoms with Gasteiger partial charge in [0.05, 0.1) is 12.2 Å². The molecule has 174 valence electrons. The van der Waals surface area contributed by atoms with Crippen LogP contribution in [0.2, 0.25) is 0 Å². The Balaban J connectivity index is 1.52. The van der Waals surface area contributed by atoms with Gasteiger partial charge in [0, 0.05) is 25.4 Å². The van der Waals surface area contributed by atoms with E-state index in [9.17, 15) is 14.7 Å². The van der Waals surface area contributed by atoms with Crippen molar-refractivity contribution in [3.63, 3.8) is 0 Å². The van der Waals surface area contributed by atoms with Crippen molar-refractivity contribution in [1.29, 1.82) is 0 Å². The molecule has 0 spiro atoms. The molecule has 4 aliphatic carbocycles. The van der Waals surface area contributed by atoms with Crippen molar-refractivity contribution in [2.75, 3.05) is 6.61 Å². The van der Waals surface area contributed by atoms with Crippen molar-refractivity contribution in [2.45, 2.75) is 103 Å². The number of hydrogen-bond acceptors (Lipinski definition) is 5. The molecule has 5 aliphatic rings. The maximum absolute atomic E-state index is 12.5. The summed E-state index contributed by atoms with van der Waals surface area (Å²) in [5.74, 6) is 1.70. The molecule has 5 fully saturated rings. The lowest BCUT2D eigenvalue weighted by atomic mass is 9.43. The second-order valence-corrected chi connectivity index (χ2v) is 11.9. The molecule has 1 heterocycles. The number of ketones is 2. The Morgan fingerprint density at radius 2 is 1.97 bits per heavy atom. The third-order valence-electron chi connectivity index (χ3n) is 10.4. The number of carbonyl (C=O) groups is 2. The average molecular weight is 433 g/mol. The summed E-state index contributed by atoms with van der Waals surface area (Å²) in [6.45, 7) is 7.06. The van der Waals surface area contributed by atoms with Gasteiger partial charge in [0.25, 0.3) is 0 Å². The van der Waals surface area contributed by atoms with Crippen LogP contribution in [0, 0.1) is 40.4 Å². The number of carbonyl (C=O) groups excluding carboxylic acids is 2. The number of Topliss-reactive ketones (excluding diaryl/α,β-unsaturated/α-hetero) is 2. The van der Waals surface area contributed by atoms with E-state index in [1.54, 1.807) is 6.92 Å². The molecular weight excluding hydrogens is 392 g/mol. The normalized spacial score (nSPS) is 52.2. The molecule has 5 nitrogen and oxygen atoms in total. The first-order valence-electron chi connectivity index (χ1n) is 12.7. The van der Waals surface area contributed by atoms with E-state index in [1.807, 2.05) is 0 Å². The fourth-order valence-electron chi connectivity index (χ4n) is 8.92. The number of fused-ring (bicyclic) bond motifs is 5. The van der Waals surface area contributed by atoms with Gasteiger partial charge in [-0.2, -0.15) is 0 Å². The molecule has 1 aliphatic heterocycles. The third kappa shape index (κ3) is 3.45. The van der Waals surface area contributed by atoms with Crippen molar-refractivity contribution in [3.8, 4) is 0 Å². The molecule has 1 saturated heterocycles. The van der Waals surface area contributed by atoms with Crippen LogP contribution < -0.4 is 0 Å². The molecule has 1 N–H and O–H groups in total. The molecule has 0 radical (unpaired) electrons. The highest BCUT2D eigenvalue weighted by atomic mass is 16.7. The summed E-state index contributed by atoms with van der Waals surface area (Å²) in [6.07, 6.45) is 8.22. The van der Waals surface area contributed by atoms with E-state index >= 15 is 0 Å². The molecule has 10 atom stereocenters. The minimum absolute atomic E-state index is 0.00191. The van der Waals surface area contributed by atoms with Crippen LogP contribution in [-0.2, 0) is 19.1 Å². The maximum atomic E-state index is 12.5. The highest BCUT2D eigenvalue weighted by molar-refractivity contribution is 5.80. The number of aliphatic hydroxyl groups excluding tert-OH is 1. The van der Waals surface area contributed by atoms with Gasteiger partial charge in [0.15, 0.2) is 6.29 Å². The largest absolute Gasteiger partial charge is 0.393 e. The Morgan fingerprint density at radius 1 is 1.16 bits per heavy atom. The molecule has 31 heavy (non-hydrogen) atoms. The summed E-state index contributed by atoms with van der Waals surface area (Å²) in [5, 5.41) is 11.6. The minimum Gasteiger partial charge on any atom is -0.393 e. The van der Waals surface area contributed by atoms with Crippen molar-refractivity contribution in [1.82, 2.24) is 0 Å². The Bertz CT molecular complexity index is 729. The lowest BCUT2D eigenvalue weighted by Gasteiger charge is -2.63. The van der Waals surface area contributed by atoms with Crippen molar-refractivity contribution in [2.24, 2.45) is 40.4 Å². The second kappa shape index (κ2) is 7.92. The van der Waals surface area contributed by atoms with Crippen molar-refractivity contribution >= 4 is 11.6 Å². The molecule has 4 saturated carbocycles. The number of hydrogen-bond donors (Lipinski definition) is 1. The van der Waals surface area contributed by atoms with Gasteiger partial charge in [-0.3, -0.25) is 9.59 Å². The van der Waals surface area contributed by atoms with Gasteiger partial charge >= 0.3 is 0 Å². The van der Waals surface area contributed by atoms with Gasteiger partial charge in [-0.1, -0.05) is 13.8 Å². The van der Waals surface area contributed by atoms with E-state index in [-0.39, 0.29) is 52.7 Å². The Morgan fingerprint density at radius 3 is 2.68 bits per heavy atom. The van der Waals surface area contributed by atoms with Crippen LogP contribution in [0.15, 0.2) is 0 Å². The molecular formula is C26H40O5. The monoisotopic (exact) mass is 432 g/mol.